The smallest absolute Gasteiger partial charge is 0.271 e. The fourth-order valence-corrected chi connectivity index (χ4v) is 7.20. The van der Waals surface area contributed by atoms with Crippen LogP contribution in [-0.2, 0) is 13.0 Å². The summed E-state index contributed by atoms with van der Waals surface area (Å²) in [4.78, 5) is 20.0. The van der Waals surface area contributed by atoms with Gasteiger partial charge in [0, 0.05) is 21.7 Å². The number of hydrogen-bond donors (Lipinski definition) is 0. The fourth-order valence-electron chi connectivity index (χ4n) is 6.01. The lowest BCUT2D eigenvalue weighted by Crippen LogP contribution is -2.39. The molecule has 1 aromatic heterocycles. The molecule has 5 aromatic rings. The lowest BCUT2D eigenvalue weighted by atomic mass is 9.83. The second-order valence-electron chi connectivity index (χ2n) is 10.6. The number of hydrogen-bond acceptors (Lipinski definition) is 6. The van der Waals surface area contributed by atoms with Gasteiger partial charge in [0.25, 0.3) is 5.56 Å². The Labute approximate surface area is 263 Å². The number of aromatic nitrogens is 1. The molecular weight excluding hydrogens is 592 g/mol. The third-order valence-electron chi connectivity index (χ3n) is 8.13. The van der Waals surface area contributed by atoms with Crippen LogP contribution in [0, 0.1) is 0 Å². The number of para-hydroxylation sites is 1. The molecule has 0 spiro atoms. The summed E-state index contributed by atoms with van der Waals surface area (Å²) in [5.41, 5.74) is 7.06. The summed E-state index contributed by atoms with van der Waals surface area (Å²) in [5, 5.41) is 0.648. The van der Waals surface area contributed by atoms with Gasteiger partial charge >= 0.3 is 0 Å². The first kappa shape index (κ1) is 28.2. The van der Waals surface area contributed by atoms with Crippen LogP contribution in [0.15, 0.2) is 106 Å². The summed E-state index contributed by atoms with van der Waals surface area (Å²) in [6, 6.07) is 29.3. The van der Waals surface area contributed by atoms with Gasteiger partial charge < -0.3 is 14.2 Å². The first-order valence-electron chi connectivity index (χ1n) is 14.4. The quantitative estimate of drug-likeness (QED) is 0.207. The fraction of sp³-hybridized carbons (Fsp3) is 0.167. The monoisotopic (exact) mass is 620 g/mol. The summed E-state index contributed by atoms with van der Waals surface area (Å²) >= 11 is 7.70. The van der Waals surface area contributed by atoms with E-state index in [0.29, 0.717) is 32.5 Å². The number of thiazole rings is 1. The third kappa shape index (κ3) is 5.02. The Hall–Kier alpha value is -4.59. The first-order chi connectivity index (χ1) is 21.6. The Kier molecular flexibility index (Phi) is 7.58. The maximum Gasteiger partial charge on any atom is 0.271 e. The number of allylic oxidation sites excluding steroid dienone is 1. The summed E-state index contributed by atoms with van der Waals surface area (Å²) in [6.07, 6.45) is 3.60. The van der Waals surface area contributed by atoms with Crippen molar-refractivity contribution < 1.29 is 14.2 Å². The van der Waals surface area contributed by atoms with Crippen LogP contribution >= 0.6 is 22.9 Å². The van der Waals surface area contributed by atoms with Crippen LogP contribution in [0.5, 0.6) is 17.2 Å². The number of nitrogens with zero attached hydrogens (tertiary/aromatic N) is 2. The molecule has 0 radical (unpaired) electrons. The van der Waals surface area contributed by atoms with Crippen molar-refractivity contribution >= 4 is 34.7 Å². The molecule has 220 valence electrons. The van der Waals surface area contributed by atoms with Crippen molar-refractivity contribution in [2.45, 2.75) is 25.5 Å². The molecule has 44 heavy (non-hydrogen) atoms. The minimum absolute atomic E-state index is 0.0897. The van der Waals surface area contributed by atoms with Crippen molar-refractivity contribution in [2.75, 3.05) is 14.2 Å². The average molecular weight is 621 g/mol. The molecule has 0 fully saturated rings. The second kappa shape index (κ2) is 11.8. The number of halogens is 1. The molecule has 1 aliphatic carbocycles. The molecule has 6 nitrogen and oxygen atoms in total. The van der Waals surface area contributed by atoms with Gasteiger partial charge in [-0.3, -0.25) is 9.36 Å². The van der Waals surface area contributed by atoms with Gasteiger partial charge in [-0.1, -0.05) is 89.7 Å². The van der Waals surface area contributed by atoms with Crippen LogP contribution in [0.4, 0.5) is 0 Å². The molecule has 0 saturated carbocycles. The highest BCUT2D eigenvalue weighted by atomic mass is 35.5. The van der Waals surface area contributed by atoms with E-state index in [1.54, 1.807) is 14.2 Å². The van der Waals surface area contributed by atoms with Gasteiger partial charge in [-0.2, -0.15) is 0 Å². The molecule has 0 amide bonds. The van der Waals surface area contributed by atoms with Gasteiger partial charge in [0.15, 0.2) is 16.3 Å². The molecule has 0 N–H and O–H groups in total. The van der Waals surface area contributed by atoms with E-state index < -0.39 is 0 Å². The number of benzene rings is 4. The summed E-state index contributed by atoms with van der Waals surface area (Å²) in [5.74, 6) is 1.91. The summed E-state index contributed by atoms with van der Waals surface area (Å²) in [7, 11) is 3.27. The molecular formula is C36H29ClN2O4S. The van der Waals surface area contributed by atoms with Crippen molar-refractivity contribution in [1.82, 2.24) is 4.57 Å². The lowest BCUT2D eigenvalue weighted by molar-refractivity contribution is 0.284. The maximum absolute atomic E-state index is 14.2. The van der Waals surface area contributed by atoms with Crippen LogP contribution in [0.1, 0.15) is 40.3 Å². The Morgan fingerprint density at radius 2 is 1.68 bits per heavy atom. The lowest BCUT2D eigenvalue weighted by Gasteiger charge is -2.31. The van der Waals surface area contributed by atoms with E-state index in [4.69, 9.17) is 30.8 Å². The van der Waals surface area contributed by atoms with Gasteiger partial charge in [-0.25, -0.2) is 4.99 Å². The average Bonchev–Trinajstić information content (AvgIpc) is 3.37. The van der Waals surface area contributed by atoms with Crippen molar-refractivity contribution in [3.63, 3.8) is 0 Å². The minimum atomic E-state index is -0.317. The molecule has 1 atom stereocenters. The molecule has 0 bridgehead atoms. The van der Waals surface area contributed by atoms with E-state index in [2.05, 4.69) is 18.2 Å². The molecule has 2 heterocycles. The van der Waals surface area contributed by atoms with Crippen LogP contribution in [0.25, 0.3) is 11.8 Å². The Bertz CT molecular complexity index is 2110. The van der Waals surface area contributed by atoms with E-state index in [1.165, 1.54) is 16.9 Å². The summed E-state index contributed by atoms with van der Waals surface area (Å²) in [6.45, 7) is 0.310. The van der Waals surface area contributed by atoms with Crippen LogP contribution in [0.3, 0.4) is 0 Å². The number of aryl methyl sites for hydroxylation is 1. The Balaban J connectivity index is 1.33. The predicted molar refractivity (Wildman–Crippen MR) is 175 cm³/mol. The van der Waals surface area contributed by atoms with Gasteiger partial charge in [-0.05, 0) is 59.9 Å². The van der Waals surface area contributed by atoms with Crippen LogP contribution in [-0.4, -0.2) is 18.8 Å². The normalized spacial score (nSPS) is 15.6. The highest BCUT2D eigenvalue weighted by Crippen LogP contribution is 2.43. The zero-order valence-corrected chi connectivity index (χ0v) is 25.8. The molecule has 1 aliphatic heterocycles. The van der Waals surface area contributed by atoms with Crippen molar-refractivity contribution in [1.29, 1.82) is 0 Å². The largest absolute Gasteiger partial charge is 0.496 e. The van der Waals surface area contributed by atoms with Gasteiger partial charge in [-0.15, -0.1) is 0 Å². The van der Waals surface area contributed by atoms with E-state index in [1.807, 2.05) is 83.4 Å². The third-order valence-corrected chi connectivity index (χ3v) is 9.48. The topological polar surface area (TPSA) is 62.0 Å². The predicted octanol–water partition coefficient (Wildman–Crippen LogP) is 6.57. The second-order valence-corrected chi connectivity index (χ2v) is 12.1. The van der Waals surface area contributed by atoms with E-state index in [0.717, 1.165) is 52.1 Å². The van der Waals surface area contributed by atoms with Crippen molar-refractivity contribution in [2.24, 2.45) is 4.99 Å². The van der Waals surface area contributed by atoms with Gasteiger partial charge in [0.05, 0.1) is 30.5 Å². The highest BCUT2D eigenvalue weighted by Gasteiger charge is 2.34. The van der Waals surface area contributed by atoms with E-state index in [9.17, 15) is 4.79 Å². The van der Waals surface area contributed by atoms with Gasteiger partial charge in [0.2, 0.25) is 0 Å². The maximum atomic E-state index is 14.2. The zero-order valence-electron chi connectivity index (χ0n) is 24.2. The zero-order chi connectivity index (χ0) is 30.2. The van der Waals surface area contributed by atoms with E-state index in [-0.39, 0.29) is 11.6 Å². The first-order valence-corrected chi connectivity index (χ1v) is 15.6. The number of methoxy groups -OCH3 is 2. The van der Waals surface area contributed by atoms with Crippen LogP contribution in [0.2, 0.25) is 5.02 Å². The standard InChI is InChI=1S/C36H29ClN2O4S/c1-41-29-14-8-6-12-26(29)34-27-17-16-23-9-3-5-11-25(23)33(27)38-36-39(34)35(40)32(44-36)20-22-15-18-30(31(19-22)42-2)43-21-24-10-4-7-13-28(24)37/h3-15,18-20,34H,16-17,21H2,1-2H3/b32-20+/t34-/m0/s1. The molecule has 2 aliphatic rings. The molecule has 4 aromatic carbocycles. The SMILES string of the molecule is COc1cc(/C=c2/sc3n(c2=O)[C@@H](c2ccccc2OC)C2=C(N=3)c3ccccc3CC2)ccc1OCc1ccccc1Cl. The van der Waals surface area contributed by atoms with Gasteiger partial charge in [0.1, 0.15) is 12.4 Å². The van der Waals surface area contributed by atoms with E-state index >= 15 is 0 Å². The molecule has 8 heteroatoms. The van der Waals surface area contributed by atoms with Crippen molar-refractivity contribution in [3.05, 3.63) is 149 Å². The molecule has 0 unspecified atom stereocenters. The van der Waals surface area contributed by atoms with Crippen LogP contribution < -0.4 is 29.1 Å². The highest BCUT2D eigenvalue weighted by molar-refractivity contribution is 7.07. The molecule has 0 saturated heterocycles. The Morgan fingerprint density at radius 1 is 0.909 bits per heavy atom. The molecule has 7 rings (SSSR count). The minimum Gasteiger partial charge on any atom is -0.496 e. The number of fused-ring (bicyclic) bond motifs is 3. The number of rotatable bonds is 7. The van der Waals surface area contributed by atoms with Crippen molar-refractivity contribution in [3.8, 4) is 17.2 Å². The number of ether oxygens (including phenoxy) is 3. The Morgan fingerprint density at radius 3 is 2.52 bits per heavy atom. The summed E-state index contributed by atoms with van der Waals surface area (Å²) < 4.78 is 19.9.